The van der Waals surface area contributed by atoms with E-state index in [9.17, 15) is 9.59 Å². The Bertz CT molecular complexity index is 546. The molecule has 3 N–H and O–H groups in total. The molecule has 3 amide bonds. The van der Waals surface area contributed by atoms with Gasteiger partial charge in [-0.1, -0.05) is 42.5 Å². The molecule has 0 bridgehead atoms. The number of amides is 3. The summed E-state index contributed by atoms with van der Waals surface area (Å²) in [5.74, 6) is -0.358. The Morgan fingerprint density at radius 1 is 1.14 bits per heavy atom. The summed E-state index contributed by atoms with van der Waals surface area (Å²) in [7, 11) is 0. The fourth-order valence-electron chi connectivity index (χ4n) is 2.43. The van der Waals surface area contributed by atoms with Gasteiger partial charge in [-0.25, -0.2) is 4.79 Å². The predicted octanol–water partition coefficient (Wildman–Crippen LogP) is 3.56. The first kappa shape index (κ1) is 16.9. The van der Waals surface area contributed by atoms with Crippen LogP contribution in [-0.4, -0.2) is 24.5 Å². The van der Waals surface area contributed by atoms with Crippen LogP contribution >= 0.6 is 23.2 Å². The Kier molecular flexibility index (Phi) is 6.34. The van der Waals surface area contributed by atoms with E-state index in [1.165, 1.54) is 6.42 Å². The van der Waals surface area contributed by atoms with E-state index in [2.05, 4.69) is 16.0 Å². The van der Waals surface area contributed by atoms with E-state index in [-0.39, 0.29) is 24.5 Å². The molecule has 1 fully saturated rings. The molecule has 0 radical (unpaired) electrons. The van der Waals surface area contributed by atoms with Gasteiger partial charge in [0.1, 0.15) is 0 Å². The van der Waals surface area contributed by atoms with Crippen LogP contribution in [0.3, 0.4) is 0 Å². The van der Waals surface area contributed by atoms with Gasteiger partial charge < -0.3 is 16.0 Å². The second-order valence-corrected chi connectivity index (χ2v) is 6.18. The molecule has 1 aliphatic carbocycles. The van der Waals surface area contributed by atoms with Crippen LogP contribution in [0.5, 0.6) is 0 Å². The third-order valence-corrected chi connectivity index (χ3v) is 4.12. The number of hydrogen-bond acceptors (Lipinski definition) is 2. The number of carbonyl (C=O) groups excluding carboxylic acids is 2. The summed E-state index contributed by atoms with van der Waals surface area (Å²) in [5.41, 5.74) is 0.425. The molecule has 0 aromatic heterocycles. The van der Waals surface area contributed by atoms with E-state index in [1.807, 2.05) is 0 Å². The highest BCUT2D eigenvalue weighted by Gasteiger charge is 2.16. The smallest absolute Gasteiger partial charge is 0.315 e. The van der Waals surface area contributed by atoms with Crippen molar-refractivity contribution in [3.63, 3.8) is 0 Å². The molecule has 7 heteroatoms. The van der Waals surface area contributed by atoms with Crippen molar-refractivity contribution in [3.8, 4) is 0 Å². The van der Waals surface area contributed by atoms with Crippen molar-refractivity contribution in [2.45, 2.75) is 38.1 Å². The van der Waals surface area contributed by atoms with Crippen molar-refractivity contribution in [1.29, 1.82) is 0 Å². The number of carbonyl (C=O) groups is 2. The Hall–Kier alpha value is -1.46. The zero-order valence-corrected chi connectivity index (χ0v) is 13.6. The quantitative estimate of drug-likeness (QED) is 0.782. The van der Waals surface area contributed by atoms with Gasteiger partial charge in [0.25, 0.3) is 0 Å². The molecule has 0 aliphatic heterocycles. The third kappa shape index (κ3) is 5.39. The first-order valence-electron chi connectivity index (χ1n) is 7.34. The Morgan fingerprint density at radius 3 is 2.59 bits per heavy atom. The fourth-order valence-corrected chi connectivity index (χ4v) is 2.77. The fraction of sp³-hybridized carbons (Fsp3) is 0.467. The molecule has 5 nitrogen and oxygen atoms in total. The van der Waals surface area contributed by atoms with Gasteiger partial charge in [-0.05, 0) is 31.0 Å². The van der Waals surface area contributed by atoms with Crippen molar-refractivity contribution in [3.05, 3.63) is 28.2 Å². The molecule has 1 aliphatic rings. The van der Waals surface area contributed by atoms with Gasteiger partial charge in [0.15, 0.2) is 0 Å². The Balaban J connectivity index is 1.75. The molecule has 120 valence electrons. The minimum atomic E-state index is -0.358. The predicted molar refractivity (Wildman–Crippen MR) is 88.5 cm³/mol. The number of halogens is 2. The molecule has 1 aromatic rings. The summed E-state index contributed by atoms with van der Waals surface area (Å²) in [6.07, 6.45) is 5.50. The number of urea groups is 1. The minimum absolute atomic E-state index is 0.124. The van der Waals surface area contributed by atoms with Gasteiger partial charge >= 0.3 is 6.03 Å². The van der Waals surface area contributed by atoms with Crippen LogP contribution < -0.4 is 16.0 Å². The van der Waals surface area contributed by atoms with Crippen LogP contribution in [0, 0.1) is 0 Å². The number of anilines is 1. The second-order valence-electron chi connectivity index (χ2n) is 5.33. The van der Waals surface area contributed by atoms with Gasteiger partial charge in [0.05, 0.1) is 17.3 Å². The van der Waals surface area contributed by atoms with E-state index >= 15 is 0 Å². The molecular weight excluding hydrogens is 325 g/mol. The standard InChI is InChI=1S/C15H19Cl2N3O2/c16-10-6-7-12(17)13(8-10)20-14(21)9-18-15(22)19-11-4-2-1-3-5-11/h6-8,11H,1-5,9H2,(H,20,21)(H2,18,19,22). The van der Waals surface area contributed by atoms with E-state index in [1.54, 1.807) is 18.2 Å². The first-order chi connectivity index (χ1) is 10.5. The van der Waals surface area contributed by atoms with E-state index in [0.717, 1.165) is 25.7 Å². The van der Waals surface area contributed by atoms with Crippen molar-refractivity contribution in [2.75, 3.05) is 11.9 Å². The van der Waals surface area contributed by atoms with Crippen molar-refractivity contribution < 1.29 is 9.59 Å². The van der Waals surface area contributed by atoms with E-state index < -0.39 is 0 Å². The number of benzene rings is 1. The molecule has 0 heterocycles. The van der Waals surface area contributed by atoms with Crippen LogP contribution in [0.4, 0.5) is 10.5 Å². The number of nitrogens with one attached hydrogen (secondary N) is 3. The van der Waals surface area contributed by atoms with Crippen LogP contribution in [-0.2, 0) is 4.79 Å². The third-order valence-electron chi connectivity index (χ3n) is 3.55. The lowest BCUT2D eigenvalue weighted by Gasteiger charge is -2.22. The summed E-state index contributed by atoms with van der Waals surface area (Å²) >= 11 is 11.8. The summed E-state index contributed by atoms with van der Waals surface area (Å²) in [5, 5.41) is 8.91. The zero-order chi connectivity index (χ0) is 15.9. The lowest BCUT2D eigenvalue weighted by atomic mass is 9.96. The SMILES string of the molecule is O=C(CNC(=O)NC1CCCCC1)Nc1cc(Cl)ccc1Cl. The van der Waals surface area contributed by atoms with E-state index in [0.29, 0.717) is 15.7 Å². The van der Waals surface area contributed by atoms with Crippen LogP contribution in [0.25, 0.3) is 0 Å². The molecule has 0 saturated heterocycles. The van der Waals surface area contributed by atoms with Crippen molar-refractivity contribution >= 4 is 40.8 Å². The van der Waals surface area contributed by atoms with Crippen molar-refractivity contribution in [2.24, 2.45) is 0 Å². The zero-order valence-electron chi connectivity index (χ0n) is 12.1. The Labute approximate surface area is 139 Å². The molecule has 22 heavy (non-hydrogen) atoms. The maximum absolute atomic E-state index is 11.8. The maximum atomic E-state index is 11.8. The van der Waals surface area contributed by atoms with Gasteiger partial charge in [-0.2, -0.15) is 0 Å². The largest absolute Gasteiger partial charge is 0.335 e. The minimum Gasteiger partial charge on any atom is -0.335 e. The summed E-state index contributed by atoms with van der Waals surface area (Å²) in [4.78, 5) is 23.6. The number of hydrogen-bond donors (Lipinski definition) is 3. The molecular formula is C15H19Cl2N3O2. The van der Waals surface area contributed by atoms with Crippen LogP contribution in [0.1, 0.15) is 32.1 Å². The molecule has 0 spiro atoms. The van der Waals surface area contributed by atoms with Gasteiger partial charge in [0.2, 0.25) is 5.91 Å². The Morgan fingerprint density at radius 2 is 1.86 bits per heavy atom. The topological polar surface area (TPSA) is 70.2 Å². The lowest BCUT2D eigenvalue weighted by Crippen LogP contribution is -2.45. The van der Waals surface area contributed by atoms with Gasteiger partial charge in [-0.15, -0.1) is 0 Å². The molecule has 2 rings (SSSR count). The monoisotopic (exact) mass is 343 g/mol. The average molecular weight is 344 g/mol. The second kappa shape index (κ2) is 8.25. The highest BCUT2D eigenvalue weighted by Crippen LogP contribution is 2.25. The van der Waals surface area contributed by atoms with Gasteiger partial charge in [-0.3, -0.25) is 4.79 Å². The van der Waals surface area contributed by atoms with Crippen LogP contribution in [0.15, 0.2) is 18.2 Å². The normalized spacial score (nSPS) is 15.2. The van der Waals surface area contributed by atoms with Crippen molar-refractivity contribution in [1.82, 2.24) is 10.6 Å². The highest BCUT2D eigenvalue weighted by atomic mass is 35.5. The summed E-state index contributed by atoms with van der Waals surface area (Å²) in [6.45, 7) is -0.124. The molecule has 1 aromatic carbocycles. The lowest BCUT2D eigenvalue weighted by molar-refractivity contribution is -0.115. The molecule has 0 atom stereocenters. The van der Waals surface area contributed by atoms with Crippen LogP contribution in [0.2, 0.25) is 10.0 Å². The summed E-state index contributed by atoms with van der Waals surface area (Å²) < 4.78 is 0. The number of rotatable bonds is 4. The van der Waals surface area contributed by atoms with E-state index in [4.69, 9.17) is 23.2 Å². The molecule has 0 unspecified atom stereocenters. The highest BCUT2D eigenvalue weighted by molar-refractivity contribution is 6.35. The van der Waals surface area contributed by atoms with Gasteiger partial charge in [0, 0.05) is 11.1 Å². The average Bonchev–Trinajstić information content (AvgIpc) is 2.50. The first-order valence-corrected chi connectivity index (χ1v) is 8.09. The summed E-state index contributed by atoms with van der Waals surface area (Å²) in [6, 6.07) is 4.68. The molecule has 1 saturated carbocycles. The maximum Gasteiger partial charge on any atom is 0.315 e.